The Morgan fingerprint density at radius 1 is 1.23 bits per heavy atom. The molecule has 3 rings (SSSR count). The number of anilines is 1. The standard InChI is InChI=1S/C18H19N5O3/c1-12-20-21-22-23(12)16-11-14(6-9-17(16)26-2)19-18(25)10-5-13-3-7-15(24)8-4-13/h3-4,6-9,11,24H,5,10H2,1-2H3,(H,19,25). The van der Waals surface area contributed by atoms with Crippen molar-refractivity contribution in [3.8, 4) is 17.2 Å². The van der Waals surface area contributed by atoms with E-state index in [2.05, 4.69) is 20.8 Å². The van der Waals surface area contributed by atoms with Gasteiger partial charge in [0.05, 0.1) is 7.11 Å². The van der Waals surface area contributed by atoms with Gasteiger partial charge in [0.25, 0.3) is 0 Å². The second-order valence-electron chi connectivity index (χ2n) is 5.74. The van der Waals surface area contributed by atoms with E-state index in [0.717, 1.165) is 5.56 Å². The number of aromatic nitrogens is 4. The van der Waals surface area contributed by atoms with Crippen LogP contribution in [0.2, 0.25) is 0 Å². The number of phenols is 1. The molecule has 1 heterocycles. The molecule has 0 bridgehead atoms. The minimum atomic E-state index is -0.109. The highest BCUT2D eigenvalue weighted by Crippen LogP contribution is 2.26. The van der Waals surface area contributed by atoms with Crippen molar-refractivity contribution in [3.05, 3.63) is 53.9 Å². The van der Waals surface area contributed by atoms with E-state index in [4.69, 9.17) is 4.74 Å². The number of phenolic OH excluding ortho intramolecular Hbond substituents is 1. The first kappa shape index (κ1) is 17.4. The zero-order chi connectivity index (χ0) is 18.5. The van der Waals surface area contributed by atoms with Crippen LogP contribution in [-0.4, -0.2) is 38.3 Å². The summed E-state index contributed by atoms with van der Waals surface area (Å²) in [6.45, 7) is 1.78. The molecule has 0 aliphatic carbocycles. The van der Waals surface area contributed by atoms with E-state index in [1.165, 1.54) is 0 Å². The van der Waals surface area contributed by atoms with Crippen LogP contribution in [0.15, 0.2) is 42.5 Å². The average molecular weight is 353 g/mol. The second-order valence-corrected chi connectivity index (χ2v) is 5.74. The minimum Gasteiger partial charge on any atom is -0.508 e. The van der Waals surface area contributed by atoms with Crippen molar-refractivity contribution in [1.29, 1.82) is 0 Å². The number of rotatable bonds is 6. The highest BCUT2D eigenvalue weighted by molar-refractivity contribution is 5.91. The predicted octanol–water partition coefficient (Wildman–Crippen LogP) is 2.26. The fourth-order valence-corrected chi connectivity index (χ4v) is 2.53. The number of tetrazole rings is 1. The van der Waals surface area contributed by atoms with Gasteiger partial charge >= 0.3 is 0 Å². The first-order valence-electron chi connectivity index (χ1n) is 8.08. The van der Waals surface area contributed by atoms with Gasteiger partial charge in [-0.1, -0.05) is 12.1 Å². The summed E-state index contributed by atoms with van der Waals surface area (Å²) in [5, 5.41) is 23.6. The van der Waals surface area contributed by atoms with Crippen LogP contribution in [0, 0.1) is 6.92 Å². The highest BCUT2D eigenvalue weighted by Gasteiger charge is 2.12. The lowest BCUT2D eigenvalue weighted by molar-refractivity contribution is -0.116. The SMILES string of the molecule is COc1ccc(NC(=O)CCc2ccc(O)cc2)cc1-n1nnnc1C. The fraction of sp³-hybridized carbons (Fsp3) is 0.222. The van der Waals surface area contributed by atoms with Crippen molar-refractivity contribution < 1.29 is 14.6 Å². The van der Waals surface area contributed by atoms with Gasteiger partial charge in [0.15, 0.2) is 5.82 Å². The number of aryl methyl sites for hydroxylation is 2. The van der Waals surface area contributed by atoms with E-state index in [1.54, 1.807) is 61.2 Å². The Morgan fingerprint density at radius 3 is 2.65 bits per heavy atom. The van der Waals surface area contributed by atoms with Crippen LogP contribution >= 0.6 is 0 Å². The van der Waals surface area contributed by atoms with E-state index in [0.29, 0.717) is 35.8 Å². The maximum Gasteiger partial charge on any atom is 0.224 e. The molecule has 134 valence electrons. The minimum absolute atomic E-state index is 0.109. The summed E-state index contributed by atoms with van der Waals surface area (Å²) < 4.78 is 6.90. The van der Waals surface area contributed by atoms with Gasteiger partial charge in [0.1, 0.15) is 17.2 Å². The van der Waals surface area contributed by atoms with E-state index in [-0.39, 0.29) is 11.7 Å². The number of ether oxygens (including phenoxy) is 1. The van der Waals surface area contributed by atoms with Crippen LogP contribution < -0.4 is 10.1 Å². The number of hydrogen-bond acceptors (Lipinski definition) is 6. The van der Waals surface area contributed by atoms with Gasteiger partial charge < -0.3 is 15.2 Å². The van der Waals surface area contributed by atoms with Crippen LogP contribution in [0.1, 0.15) is 17.8 Å². The molecule has 0 unspecified atom stereocenters. The lowest BCUT2D eigenvalue weighted by atomic mass is 10.1. The zero-order valence-corrected chi connectivity index (χ0v) is 14.5. The summed E-state index contributed by atoms with van der Waals surface area (Å²) in [6.07, 6.45) is 0.914. The molecule has 2 aromatic carbocycles. The van der Waals surface area contributed by atoms with Crippen molar-refractivity contribution in [2.45, 2.75) is 19.8 Å². The van der Waals surface area contributed by atoms with Gasteiger partial charge in [-0.15, -0.1) is 5.10 Å². The van der Waals surface area contributed by atoms with Crippen molar-refractivity contribution in [3.63, 3.8) is 0 Å². The largest absolute Gasteiger partial charge is 0.508 e. The molecule has 0 saturated carbocycles. The first-order valence-corrected chi connectivity index (χ1v) is 8.08. The average Bonchev–Trinajstić information content (AvgIpc) is 3.07. The molecule has 0 aliphatic rings. The number of nitrogens with zero attached hydrogens (tertiary/aromatic N) is 4. The Bertz CT molecular complexity index is 905. The number of methoxy groups -OCH3 is 1. The molecule has 3 aromatic rings. The molecule has 8 heteroatoms. The van der Waals surface area contributed by atoms with Gasteiger partial charge in [-0.2, -0.15) is 4.68 Å². The lowest BCUT2D eigenvalue weighted by Crippen LogP contribution is -2.13. The van der Waals surface area contributed by atoms with Crippen molar-refractivity contribution in [2.75, 3.05) is 12.4 Å². The van der Waals surface area contributed by atoms with E-state index in [9.17, 15) is 9.90 Å². The van der Waals surface area contributed by atoms with Crippen LogP contribution in [0.3, 0.4) is 0 Å². The van der Waals surface area contributed by atoms with Gasteiger partial charge in [-0.3, -0.25) is 4.79 Å². The summed E-state index contributed by atoms with van der Waals surface area (Å²) in [5.74, 6) is 1.31. The van der Waals surface area contributed by atoms with Crippen LogP contribution in [0.4, 0.5) is 5.69 Å². The van der Waals surface area contributed by atoms with Crippen molar-refractivity contribution in [2.24, 2.45) is 0 Å². The first-order chi connectivity index (χ1) is 12.6. The topological polar surface area (TPSA) is 102 Å². The molecule has 0 aliphatic heterocycles. The Kier molecular flexibility index (Phi) is 5.12. The lowest BCUT2D eigenvalue weighted by Gasteiger charge is -2.12. The van der Waals surface area contributed by atoms with Gasteiger partial charge in [0.2, 0.25) is 5.91 Å². The molecular weight excluding hydrogens is 334 g/mol. The fourth-order valence-electron chi connectivity index (χ4n) is 2.53. The van der Waals surface area contributed by atoms with Crippen molar-refractivity contribution in [1.82, 2.24) is 20.2 Å². The Morgan fingerprint density at radius 2 is 2.00 bits per heavy atom. The summed E-state index contributed by atoms with van der Waals surface area (Å²) in [5.41, 5.74) is 2.26. The molecule has 26 heavy (non-hydrogen) atoms. The van der Waals surface area contributed by atoms with Crippen molar-refractivity contribution >= 4 is 11.6 Å². The van der Waals surface area contributed by atoms with Gasteiger partial charge in [-0.05, 0) is 59.7 Å². The molecule has 0 radical (unpaired) electrons. The Balaban J connectivity index is 1.70. The molecular formula is C18H19N5O3. The summed E-state index contributed by atoms with van der Waals surface area (Å²) in [6, 6.07) is 12.1. The third-order valence-corrected chi connectivity index (χ3v) is 3.89. The van der Waals surface area contributed by atoms with E-state index in [1.807, 2.05) is 0 Å². The third-order valence-electron chi connectivity index (χ3n) is 3.89. The maximum atomic E-state index is 12.2. The normalized spacial score (nSPS) is 10.5. The number of amides is 1. The molecule has 0 fully saturated rings. The molecule has 8 nitrogen and oxygen atoms in total. The molecule has 0 saturated heterocycles. The number of benzene rings is 2. The second kappa shape index (κ2) is 7.64. The number of carbonyl (C=O) groups is 1. The molecule has 0 spiro atoms. The summed E-state index contributed by atoms with van der Waals surface area (Å²) in [4.78, 5) is 12.2. The molecule has 1 aromatic heterocycles. The number of hydrogen-bond donors (Lipinski definition) is 2. The van der Waals surface area contributed by atoms with E-state index < -0.39 is 0 Å². The Labute approximate surface area is 150 Å². The molecule has 0 atom stereocenters. The number of aromatic hydroxyl groups is 1. The van der Waals surface area contributed by atoms with E-state index >= 15 is 0 Å². The maximum absolute atomic E-state index is 12.2. The molecule has 1 amide bonds. The van der Waals surface area contributed by atoms with Crippen LogP contribution in [0.25, 0.3) is 5.69 Å². The highest BCUT2D eigenvalue weighted by atomic mass is 16.5. The van der Waals surface area contributed by atoms with Gasteiger partial charge in [0, 0.05) is 12.1 Å². The number of carbonyl (C=O) groups excluding carboxylic acids is 1. The summed E-state index contributed by atoms with van der Waals surface area (Å²) in [7, 11) is 1.56. The summed E-state index contributed by atoms with van der Waals surface area (Å²) >= 11 is 0. The quantitative estimate of drug-likeness (QED) is 0.705. The zero-order valence-electron chi connectivity index (χ0n) is 14.5. The number of nitrogens with one attached hydrogen (secondary N) is 1. The van der Waals surface area contributed by atoms with Crippen LogP contribution in [-0.2, 0) is 11.2 Å². The smallest absolute Gasteiger partial charge is 0.224 e. The Hall–Kier alpha value is -3.42. The van der Waals surface area contributed by atoms with Gasteiger partial charge in [-0.25, -0.2) is 0 Å². The third kappa shape index (κ3) is 3.97. The molecule has 2 N–H and O–H groups in total. The monoisotopic (exact) mass is 353 g/mol. The van der Waals surface area contributed by atoms with Crippen LogP contribution in [0.5, 0.6) is 11.5 Å². The predicted molar refractivity (Wildman–Crippen MR) is 95.5 cm³/mol.